The summed E-state index contributed by atoms with van der Waals surface area (Å²) in [6, 6.07) is 6.03. The summed E-state index contributed by atoms with van der Waals surface area (Å²) in [5.74, 6) is 0. The number of nitrogens with zero attached hydrogens (tertiary/aromatic N) is 1. The Kier molecular flexibility index (Phi) is 4.16. The molecule has 1 aromatic rings. The van der Waals surface area contributed by atoms with Crippen LogP contribution in [0.1, 0.15) is 30.5 Å². The maximum atomic E-state index is 13.0. The third-order valence-electron chi connectivity index (χ3n) is 3.89. The van der Waals surface area contributed by atoms with Crippen molar-refractivity contribution in [3.8, 4) is 0 Å². The number of likely N-dealkylation sites (tertiary alicyclic amines) is 1. The van der Waals surface area contributed by atoms with Crippen LogP contribution in [0.2, 0.25) is 0 Å². The second-order valence-corrected chi connectivity index (χ2v) is 5.03. The van der Waals surface area contributed by atoms with Crippen LogP contribution in [0.5, 0.6) is 0 Å². The molecule has 0 amide bonds. The van der Waals surface area contributed by atoms with E-state index in [9.17, 15) is 13.2 Å². The predicted octanol–water partition coefficient (Wildman–Crippen LogP) is 3.06. The zero-order chi connectivity index (χ0) is 14.0. The van der Waals surface area contributed by atoms with Crippen LogP contribution >= 0.6 is 0 Å². The van der Waals surface area contributed by atoms with Crippen molar-refractivity contribution in [2.24, 2.45) is 0 Å². The third-order valence-corrected chi connectivity index (χ3v) is 3.89. The summed E-state index contributed by atoms with van der Waals surface area (Å²) in [6.45, 7) is 3.48. The number of likely N-dealkylation sites (N-methyl/N-ethyl adjacent to an activating group) is 1. The Bertz CT molecular complexity index is 431. The largest absolute Gasteiger partial charge is 0.416 e. The number of hydrogen-bond acceptors (Lipinski definition) is 2. The van der Waals surface area contributed by atoms with Crippen LogP contribution in [0.15, 0.2) is 24.3 Å². The molecule has 2 nitrogen and oxygen atoms in total. The van der Waals surface area contributed by atoms with Gasteiger partial charge >= 0.3 is 6.18 Å². The van der Waals surface area contributed by atoms with Crippen molar-refractivity contribution in [3.63, 3.8) is 0 Å². The van der Waals surface area contributed by atoms with E-state index in [4.69, 9.17) is 0 Å². The van der Waals surface area contributed by atoms with Crippen LogP contribution in [0.3, 0.4) is 0 Å². The lowest BCUT2D eigenvalue weighted by Gasteiger charge is -2.27. The van der Waals surface area contributed by atoms with Crippen LogP contribution in [-0.2, 0) is 6.18 Å². The SMILES string of the molecule is CNC1CCN(C(C)c2ccccc2C(F)(F)F)C1. The number of alkyl halides is 3. The highest BCUT2D eigenvalue weighted by molar-refractivity contribution is 5.32. The summed E-state index contributed by atoms with van der Waals surface area (Å²) in [6.07, 6.45) is -3.30. The molecule has 1 N–H and O–H groups in total. The van der Waals surface area contributed by atoms with Gasteiger partial charge in [-0.15, -0.1) is 0 Å². The van der Waals surface area contributed by atoms with E-state index < -0.39 is 11.7 Å². The van der Waals surface area contributed by atoms with E-state index in [1.165, 1.54) is 6.07 Å². The molecule has 19 heavy (non-hydrogen) atoms. The topological polar surface area (TPSA) is 15.3 Å². The van der Waals surface area contributed by atoms with Gasteiger partial charge in [-0.1, -0.05) is 18.2 Å². The van der Waals surface area contributed by atoms with Gasteiger partial charge in [0.1, 0.15) is 0 Å². The van der Waals surface area contributed by atoms with Crippen LogP contribution in [0, 0.1) is 0 Å². The first-order valence-corrected chi connectivity index (χ1v) is 6.51. The van der Waals surface area contributed by atoms with Crippen molar-refractivity contribution in [2.45, 2.75) is 31.6 Å². The van der Waals surface area contributed by atoms with Crippen LogP contribution < -0.4 is 5.32 Å². The summed E-state index contributed by atoms with van der Waals surface area (Å²) in [5, 5.41) is 3.18. The molecule has 106 valence electrons. The molecule has 0 radical (unpaired) electrons. The summed E-state index contributed by atoms with van der Waals surface area (Å²) >= 11 is 0. The van der Waals surface area contributed by atoms with E-state index in [0.717, 1.165) is 25.6 Å². The summed E-state index contributed by atoms with van der Waals surface area (Å²) in [7, 11) is 1.89. The smallest absolute Gasteiger partial charge is 0.316 e. The molecular formula is C14H19F3N2. The second kappa shape index (κ2) is 5.51. The van der Waals surface area contributed by atoms with E-state index in [-0.39, 0.29) is 6.04 Å². The van der Waals surface area contributed by atoms with E-state index >= 15 is 0 Å². The minimum Gasteiger partial charge on any atom is -0.316 e. The van der Waals surface area contributed by atoms with Crippen LogP contribution in [-0.4, -0.2) is 31.1 Å². The predicted molar refractivity (Wildman–Crippen MR) is 68.9 cm³/mol. The average molecular weight is 272 g/mol. The Morgan fingerprint density at radius 3 is 2.58 bits per heavy atom. The minimum absolute atomic E-state index is 0.212. The molecule has 1 saturated heterocycles. The fraction of sp³-hybridized carbons (Fsp3) is 0.571. The fourth-order valence-electron chi connectivity index (χ4n) is 2.69. The van der Waals surface area contributed by atoms with Gasteiger partial charge in [-0.2, -0.15) is 13.2 Å². The standard InChI is InChI=1S/C14H19F3N2/c1-10(19-8-7-11(9-19)18-2)12-5-3-4-6-13(12)14(15,16)17/h3-6,10-11,18H,7-9H2,1-2H3. The molecule has 1 fully saturated rings. The third kappa shape index (κ3) is 3.09. The normalized spacial score (nSPS) is 22.7. The molecule has 1 heterocycles. The summed E-state index contributed by atoms with van der Waals surface area (Å²) in [5.41, 5.74) is -0.151. The van der Waals surface area contributed by atoms with Gasteiger partial charge in [0.15, 0.2) is 0 Å². The Hall–Kier alpha value is -1.07. The molecule has 5 heteroatoms. The monoisotopic (exact) mass is 272 g/mol. The van der Waals surface area contributed by atoms with Crippen LogP contribution in [0.4, 0.5) is 13.2 Å². The molecule has 2 rings (SSSR count). The van der Waals surface area contributed by atoms with E-state index in [1.54, 1.807) is 12.1 Å². The molecule has 0 bridgehead atoms. The molecule has 0 saturated carbocycles. The molecule has 2 unspecified atom stereocenters. The highest BCUT2D eigenvalue weighted by Gasteiger charge is 2.36. The Balaban J connectivity index is 2.22. The summed E-state index contributed by atoms with van der Waals surface area (Å²) < 4.78 is 39.0. The van der Waals surface area contributed by atoms with E-state index in [1.807, 2.05) is 14.0 Å². The van der Waals surface area contributed by atoms with Gasteiger partial charge in [0.2, 0.25) is 0 Å². The van der Waals surface area contributed by atoms with Crippen molar-refractivity contribution in [1.29, 1.82) is 0 Å². The second-order valence-electron chi connectivity index (χ2n) is 5.03. The molecule has 1 aromatic carbocycles. The highest BCUT2D eigenvalue weighted by Crippen LogP contribution is 2.36. The molecular weight excluding hydrogens is 253 g/mol. The first-order chi connectivity index (χ1) is 8.93. The number of benzene rings is 1. The van der Waals surface area contributed by atoms with Crippen molar-refractivity contribution >= 4 is 0 Å². The number of hydrogen-bond donors (Lipinski definition) is 1. The summed E-state index contributed by atoms with van der Waals surface area (Å²) in [4.78, 5) is 2.10. The lowest BCUT2D eigenvalue weighted by atomic mass is 10.00. The maximum absolute atomic E-state index is 13.0. The van der Waals surface area contributed by atoms with Crippen LogP contribution in [0.25, 0.3) is 0 Å². The van der Waals surface area contributed by atoms with Gasteiger partial charge in [0.25, 0.3) is 0 Å². The van der Waals surface area contributed by atoms with Gasteiger partial charge in [-0.3, -0.25) is 4.90 Å². The molecule has 2 atom stereocenters. The molecule has 0 aromatic heterocycles. The van der Waals surface area contributed by atoms with Crippen molar-refractivity contribution in [2.75, 3.05) is 20.1 Å². The number of nitrogens with one attached hydrogen (secondary N) is 1. The maximum Gasteiger partial charge on any atom is 0.416 e. The van der Waals surface area contributed by atoms with Gasteiger partial charge in [0, 0.05) is 25.2 Å². The van der Waals surface area contributed by atoms with Gasteiger partial charge in [-0.25, -0.2) is 0 Å². The lowest BCUT2D eigenvalue weighted by molar-refractivity contribution is -0.138. The molecule has 1 aliphatic heterocycles. The van der Waals surface area contributed by atoms with Gasteiger partial charge in [0.05, 0.1) is 5.56 Å². The van der Waals surface area contributed by atoms with Crippen molar-refractivity contribution in [1.82, 2.24) is 10.2 Å². The quantitative estimate of drug-likeness (QED) is 0.909. The van der Waals surface area contributed by atoms with Crippen molar-refractivity contribution < 1.29 is 13.2 Å². The highest BCUT2D eigenvalue weighted by atomic mass is 19.4. The zero-order valence-electron chi connectivity index (χ0n) is 11.2. The Morgan fingerprint density at radius 2 is 2.00 bits per heavy atom. The molecule has 0 spiro atoms. The lowest BCUT2D eigenvalue weighted by Crippen LogP contribution is -2.31. The van der Waals surface area contributed by atoms with E-state index in [0.29, 0.717) is 11.6 Å². The Morgan fingerprint density at radius 1 is 1.32 bits per heavy atom. The minimum atomic E-state index is -4.28. The van der Waals surface area contributed by atoms with Gasteiger partial charge in [-0.05, 0) is 32.0 Å². The zero-order valence-corrected chi connectivity index (χ0v) is 11.2. The average Bonchev–Trinajstić information content (AvgIpc) is 2.85. The Labute approximate surface area is 111 Å². The van der Waals surface area contributed by atoms with Crippen molar-refractivity contribution in [3.05, 3.63) is 35.4 Å². The molecule has 0 aliphatic carbocycles. The van der Waals surface area contributed by atoms with Gasteiger partial charge < -0.3 is 5.32 Å². The number of rotatable bonds is 3. The number of halogens is 3. The first-order valence-electron chi connectivity index (χ1n) is 6.51. The first kappa shape index (κ1) is 14.3. The fourth-order valence-corrected chi connectivity index (χ4v) is 2.69. The molecule has 1 aliphatic rings. The van der Waals surface area contributed by atoms with E-state index in [2.05, 4.69) is 10.2 Å².